The largest absolute Gasteiger partial charge is 0.336 e. The first-order valence-electron chi connectivity index (χ1n) is 7.42. The Bertz CT molecular complexity index is 667. The first-order valence-corrected chi connectivity index (χ1v) is 7.86. The maximum Gasteiger partial charge on any atom is 0.275 e. The smallest absolute Gasteiger partial charge is 0.275 e. The highest BCUT2D eigenvalue weighted by atomic mass is 35.5. The van der Waals surface area contributed by atoms with Crippen LogP contribution in [0.5, 0.6) is 0 Å². The molecular weight excluding hydrogens is 286 g/mol. The Morgan fingerprint density at radius 2 is 2.05 bits per heavy atom. The van der Waals surface area contributed by atoms with Crippen molar-refractivity contribution in [3.8, 4) is 0 Å². The van der Waals surface area contributed by atoms with Gasteiger partial charge >= 0.3 is 0 Å². The van der Waals surface area contributed by atoms with Crippen molar-refractivity contribution < 1.29 is 4.79 Å². The number of aryl methyl sites for hydroxylation is 1. The van der Waals surface area contributed by atoms with E-state index < -0.39 is 0 Å². The highest BCUT2D eigenvalue weighted by Crippen LogP contribution is 2.28. The Hall–Kier alpha value is -1.55. The highest BCUT2D eigenvalue weighted by molar-refractivity contribution is 6.21. The molecule has 0 N–H and O–H groups in total. The topological polar surface area (TPSA) is 38.1 Å². The van der Waals surface area contributed by atoms with E-state index in [4.69, 9.17) is 11.6 Å². The number of hydrogen-bond donors (Lipinski definition) is 0. The number of fused-ring (bicyclic) bond motifs is 1. The summed E-state index contributed by atoms with van der Waals surface area (Å²) in [6.07, 6.45) is 4.24. The number of hydrogen-bond acceptors (Lipinski definition) is 2. The molecule has 1 aliphatic rings. The lowest BCUT2D eigenvalue weighted by Crippen LogP contribution is -2.44. The lowest BCUT2D eigenvalue weighted by atomic mass is 9.93. The predicted octanol–water partition coefficient (Wildman–Crippen LogP) is 3.20. The molecule has 0 saturated heterocycles. The van der Waals surface area contributed by atoms with E-state index in [-0.39, 0.29) is 17.3 Å². The second-order valence-corrected chi connectivity index (χ2v) is 6.33. The van der Waals surface area contributed by atoms with Crippen LogP contribution in [0, 0.1) is 0 Å². The van der Waals surface area contributed by atoms with Gasteiger partial charge in [-0.05, 0) is 18.9 Å². The molecular formula is C16H20ClN3O. The number of para-hydroxylation sites is 1. The Labute approximate surface area is 129 Å². The maximum absolute atomic E-state index is 12.8. The van der Waals surface area contributed by atoms with Crippen molar-refractivity contribution in [1.82, 2.24) is 14.7 Å². The van der Waals surface area contributed by atoms with Crippen LogP contribution in [0.2, 0.25) is 0 Å². The number of alkyl halides is 1. The third-order valence-corrected chi connectivity index (χ3v) is 4.93. The third kappa shape index (κ3) is 2.53. The van der Waals surface area contributed by atoms with Gasteiger partial charge in [0.1, 0.15) is 0 Å². The molecule has 1 fully saturated rings. The van der Waals surface area contributed by atoms with Crippen LogP contribution in [0.25, 0.3) is 10.9 Å². The van der Waals surface area contributed by atoms with Crippen molar-refractivity contribution in [1.29, 1.82) is 0 Å². The number of amides is 1. The SMILES string of the molecule is CN(C(=O)c1nn(C)c2ccccc12)C1CCCCC1Cl. The van der Waals surface area contributed by atoms with Crippen molar-refractivity contribution >= 4 is 28.4 Å². The molecule has 1 aromatic heterocycles. The van der Waals surface area contributed by atoms with Crippen LogP contribution in [0.4, 0.5) is 0 Å². The van der Waals surface area contributed by atoms with Crippen molar-refractivity contribution in [3.63, 3.8) is 0 Å². The van der Waals surface area contributed by atoms with E-state index in [1.807, 2.05) is 38.4 Å². The number of rotatable bonds is 2. The fourth-order valence-electron chi connectivity index (χ4n) is 3.19. The summed E-state index contributed by atoms with van der Waals surface area (Å²) in [6.45, 7) is 0. The molecule has 0 radical (unpaired) electrons. The minimum atomic E-state index is -0.0376. The summed E-state index contributed by atoms with van der Waals surface area (Å²) in [5.74, 6) is -0.0376. The maximum atomic E-state index is 12.8. The van der Waals surface area contributed by atoms with Crippen LogP contribution < -0.4 is 0 Å². The average Bonchev–Trinajstić information content (AvgIpc) is 2.84. The van der Waals surface area contributed by atoms with E-state index in [2.05, 4.69) is 5.10 Å². The standard InChI is InChI=1S/C16H20ClN3O/c1-19(14-10-6-4-8-12(14)17)16(21)15-11-7-3-5-9-13(11)20(2)18-15/h3,5,7,9,12,14H,4,6,8,10H2,1-2H3. The Kier molecular flexibility index (Phi) is 3.89. The normalized spacial score (nSPS) is 22.4. The number of benzene rings is 1. The van der Waals surface area contributed by atoms with Gasteiger partial charge in [0.05, 0.1) is 10.9 Å². The summed E-state index contributed by atoms with van der Waals surface area (Å²) in [6, 6.07) is 7.92. The van der Waals surface area contributed by atoms with Gasteiger partial charge in [0.15, 0.2) is 5.69 Å². The lowest BCUT2D eigenvalue weighted by Gasteiger charge is -2.34. The van der Waals surface area contributed by atoms with Gasteiger partial charge in [-0.2, -0.15) is 5.10 Å². The van der Waals surface area contributed by atoms with Gasteiger partial charge in [0.2, 0.25) is 0 Å². The van der Waals surface area contributed by atoms with E-state index in [1.165, 1.54) is 0 Å². The van der Waals surface area contributed by atoms with Crippen LogP contribution >= 0.6 is 11.6 Å². The van der Waals surface area contributed by atoms with Crippen LogP contribution in [-0.2, 0) is 7.05 Å². The molecule has 0 aliphatic heterocycles. The van der Waals surface area contributed by atoms with Crippen molar-refractivity contribution in [2.24, 2.45) is 7.05 Å². The Morgan fingerprint density at radius 1 is 1.33 bits per heavy atom. The molecule has 0 bridgehead atoms. The minimum Gasteiger partial charge on any atom is -0.336 e. The monoisotopic (exact) mass is 305 g/mol. The molecule has 1 saturated carbocycles. The molecule has 1 amide bonds. The second-order valence-electron chi connectivity index (χ2n) is 5.77. The van der Waals surface area contributed by atoms with Crippen LogP contribution in [0.15, 0.2) is 24.3 Å². The molecule has 112 valence electrons. The second kappa shape index (κ2) is 5.68. The number of carbonyl (C=O) groups excluding carboxylic acids is 1. The van der Waals surface area contributed by atoms with Gasteiger partial charge in [-0.1, -0.05) is 31.0 Å². The molecule has 2 atom stereocenters. The minimum absolute atomic E-state index is 0.0376. The zero-order valence-electron chi connectivity index (χ0n) is 12.4. The van der Waals surface area contributed by atoms with E-state index in [9.17, 15) is 4.79 Å². The molecule has 1 heterocycles. The van der Waals surface area contributed by atoms with Crippen molar-refractivity contribution in [2.75, 3.05) is 7.05 Å². The van der Waals surface area contributed by atoms with Crippen molar-refractivity contribution in [2.45, 2.75) is 37.1 Å². The summed E-state index contributed by atoms with van der Waals surface area (Å²) in [7, 11) is 3.71. The Morgan fingerprint density at radius 3 is 2.81 bits per heavy atom. The van der Waals surface area contributed by atoms with E-state index >= 15 is 0 Å². The van der Waals surface area contributed by atoms with E-state index in [0.29, 0.717) is 5.69 Å². The number of halogens is 1. The lowest BCUT2D eigenvalue weighted by molar-refractivity contribution is 0.0695. The number of aromatic nitrogens is 2. The number of carbonyl (C=O) groups is 1. The predicted molar refractivity (Wildman–Crippen MR) is 84.7 cm³/mol. The molecule has 3 rings (SSSR count). The summed E-state index contributed by atoms with van der Waals surface area (Å²) in [4.78, 5) is 14.6. The summed E-state index contributed by atoms with van der Waals surface area (Å²) in [5.41, 5.74) is 1.49. The molecule has 1 aromatic carbocycles. The molecule has 1 aliphatic carbocycles. The van der Waals surface area contributed by atoms with Gasteiger partial charge in [0.25, 0.3) is 5.91 Å². The van der Waals surface area contributed by atoms with Gasteiger partial charge < -0.3 is 4.90 Å². The first-order chi connectivity index (χ1) is 10.1. The zero-order valence-corrected chi connectivity index (χ0v) is 13.2. The molecule has 2 unspecified atom stereocenters. The zero-order chi connectivity index (χ0) is 15.0. The van der Waals surface area contributed by atoms with Crippen LogP contribution in [-0.4, -0.2) is 39.1 Å². The summed E-state index contributed by atoms with van der Waals surface area (Å²) >= 11 is 6.41. The number of nitrogens with zero attached hydrogens (tertiary/aromatic N) is 3. The Balaban J connectivity index is 1.93. The van der Waals surface area contributed by atoms with Gasteiger partial charge in [-0.3, -0.25) is 9.48 Å². The highest BCUT2D eigenvalue weighted by Gasteiger charge is 2.31. The van der Waals surface area contributed by atoms with Crippen LogP contribution in [0.3, 0.4) is 0 Å². The third-order valence-electron chi connectivity index (χ3n) is 4.43. The van der Waals surface area contributed by atoms with Gasteiger partial charge in [-0.15, -0.1) is 11.6 Å². The van der Waals surface area contributed by atoms with E-state index in [0.717, 1.165) is 36.6 Å². The van der Waals surface area contributed by atoms with Gasteiger partial charge in [0, 0.05) is 25.5 Å². The fourth-order valence-corrected chi connectivity index (χ4v) is 3.64. The molecule has 21 heavy (non-hydrogen) atoms. The van der Waals surface area contributed by atoms with Crippen molar-refractivity contribution in [3.05, 3.63) is 30.0 Å². The summed E-state index contributed by atoms with van der Waals surface area (Å²) < 4.78 is 1.76. The average molecular weight is 306 g/mol. The molecule has 5 heteroatoms. The molecule has 0 spiro atoms. The summed E-state index contributed by atoms with van der Waals surface area (Å²) in [5, 5.41) is 5.36. The molecule has 2 aromatic rings. The fraction of sp³-hybridized carbons (Fsp3) is 0.500. The van der Waals surface area contributed by atoms with Gasteiger partial charge in [-0.25, -0.2) is 0 Å². The first kappa shape index (κ1) is 14.4. The molecule has 4 nitrogen and oxygen atoms in total. The van der Waals surface area contributed by atoms with Crippen LogP contribution in [0.1, 0.15) is 36.2 Å². The van der Waals surface area contributed by atoms with E-state index in [1.54, 1.807) is 9.58 Å². The quantitative estimate of drug-likeness (QED) is 0.799.